The monoisotopic (exact) mass is 463 g/mol. The van der Waals surface area contributed by atoms with Gasteiger partial charge in [0.2, 0.25) is 5.62 Å². The number of anilines is 1. The minimum Gasteiger partial charge on any atom is -0.364 e. The molecule has 34 heavy (non-hydrogen) atoms. The van der Waals surface area contributed by atoms with Crippen LogP contribution in [-0.2, 0) is 6.54 Å². The molecule has 0 amide bonds. The van der Waals surface area contributed by atoms with Gasteiger partial charge in [0, 0.05) is 24.2 Å². The van der Waals surface area contributed by atoms with Crippen LogP contribution in [0.15, 0.2) is 29.3 Å². The second-order valence-electron chi connectivity index (χ2n) is 9.98. The molecule has 1 aromatic carbocycles. The van der Waals surface area contributed by atoms with E-state index in [4.69, 9.17) is 15.7 Å². The van der Waals surface area contributed by atoms with Crippen LogP contribution in [0, 0.1) is 0 Å². The lowest BCUT2D eigenvalue weighted by Gasteiger charge is -2.24. The van der Waals surface area contributed by atoms with E-state index in [1.165, 1.54) is 0 Å². The first-order valence-corrected chi connectivity index (χ1v) is 12.4. The van der Waals surface area contributed by atoms with Crippen molar-refractivity contribution in [3.8, 4) is 0 Å². The molecule has 4 rings (SSSR count). The fourth-order valence-electron chi connectivity index (χ4n) is 4.76. The first-order chi connectivity index (χ1) is 16.3. The number of nitrogens with two attached hydrogens (primary N) is 1. The van der Waals surface area contributed by atoms with Crippen molar-refractivity contribution in [1.29, 1.82) is 0 Å². The maximum Gasteiger partial charge on any atom is 0.227 e. The molecule has 1 aliphatic rings. The molecule has 0 saturated heterocycles. The lowest BCUT2D eigenvalue weighted by Crippen LogP contribution is -2.33. The normalized spacial score (nSPS) is 19.4. The first kappa shape index (κ1) is 24.1. The summed E-state index contributed by atoms with van der Waals surface area (Å²) in [6.45, 7) is 10.7. The highest BCUT2D eigenvalue weighted by Crippen LogP contribution is 2.28. The average molecular weight is 464 g/mol. The molecule has 0 atom stereocenters. The van der Waals surface area contributed by atoms with E-state index >= 15 is 0 Å². The molecule has 3 aromatic rings. The van der Waals surface area contributed by atoms with E-state index in [1.807, 2.05) is 24.3 Å². The fourth-order valence-corrected chi connectivity index (χ4v) is 4.76. The quantitative estimate of drug-likeness (QED) is 0.448. The summed E-state index contributed by atoms with van der Waals surface area (Å²) in [6, 6.07) is 8.33. The van der Waals surface area contributed by atoms with Gasteiger partial charge in [-0.2, -0.15) is 10.1 Å². The smallest absolute Gasteiger partial charge is 0.227 e. The molecule has 4 N–H and O–H groups in total. The molecule has 2 heterocycles. The number of carbonyl (C=O) groups excluding carboxylic acids is 1. The van der Waals surface area contributed by atoms with Crippen LogP contribution in [0.2, 0.25) is 0 Å². The van der Waals surface area contributed by atoms with E-state index in [-0.39, 0.29) is 29.8 Å². The van der Waals surface area contributed by atoms with Gasteiger partial charge in [-0.15, -0.1) is 0 Å². The van der Waals surface area contributed by atoms with Crippen LogP contribution in [0.5, 0.6) is 0 Å². The predicted molar refractivity (Wildman–Crippen MR) is 136 cm³/mol. The van der Waals surface area contributed by atoms with Gasteiger partial charge in [-0.05, 0) is 57.9 Å². The number of hydrogen-bond donors (Lipinski definition) is 3. The number of carbonyl (C=O) groups is 1. The van der Waals surface area contributed by atoms with Crippen molar-refractivity contribution < 1.29 is 4.79 Å². The minimum atomic E-state index is 0.0503. The number of fused-ring (bicyclic) bond motifs is 1. The molecular weight excluding hydrogens is 426 g/mol. The van der Waals surface area contributed by atoms with Gasteiger partial charge >= 0.3 is 0 Å². The van der Waals surface area contributed by atoms with Gasteiger partial charge < -0.3 is 15.6 Å². The van der Waals surface area contributed by atoms with Gasteiger partial charge in [0.05, 0.1) is 17.3 Å². The second-order valence-corrected chi connectivity index (χ2v) is 9.98. The third-order valence-corrected chi connectivity index (χ3v) is 6.64. The summed E-state index contributed by atoms with van der Waals surface area (Å²) >= 11 is 0. The van der Waals surface area contributed by atoms with Crippen molar-refractivity contribution in [2.45, 2.75) is 90.9 Å². The molecule has 182 valence electrons. The highest BCUT2D eigenvalue weighted by molar-refractivity contribution is 5.95. The zero-order chi connectivity index (χ0) is 24.4. The highest BCUT2D eigenvalue weighted by atomic mass is 16.1. The van der Waals surface area contributed by atoms with Crippen molar-refractivity contribution in [2.75, 3.05) is 5.32 Å². The first-order valence-electron chi connectivity index (χ1n) is 12.4. The Morgan fingerprint density at radius 1 is 1.21 bits per heavy atom. The Balaban J connectivity index is 1.83. The highest BCUT2D eigenvalue weighted by Gasteiger charge is 2.22. The molecule has 1 saturated carbocycles. The van der Waals surface area contributed by atoms with Crippen LogP contribution in [-0.4, -0.2) is 37.6 Å². The maximum absolute atomic E-state index is 12.1. The van der Waals surface area contributed by atoms with Crippen LogP contribution in [0.3, 0.4) is 0 Å². The number of nitrogens with one attached hydrogen (secondary N) is 2. The van der Waals surface area contributed by atoms with E-state index in [0.29, 0.717) is 23.5 Å². The predicted octanol–water partition coefficient (Wildman–Crippen LogP) is 4.45. The number of Topliss-reactive ketones (excluding diaryl/α,β-unsaturated/α-hetero) is 1. The molecule has 1 fully saturated rings. The van der Waals surface area contributed by atoms with Gasteiger partial charge in [-0.3, -0.25) is 9.89 Å². The Morgan fingerprint density at radius 2 is 1.91 bits per heavy atom. The molecule has 8 nitrogen and oxygen atoms in total. The van der Waals surface area contributed by atoms with Crippen molar-refractivity contribution >= 4 is 22.6 Å². The lowest BCUT2D eigenvalue weighted by molar-refractivity contribution is 0.101. The standard InChI is InChI=1S/C26H37N7O/c1-15(2)22-24-23(32-31-22)25(28-14-18-8-6-7-9-21(18)17(5)34)30-26(33(24)16(3)4)29-20-12-10-19(27)11-13-20/h6-9,15-16,19-20H,10-14,27H2,1-5H3,(H,31,32)(H,28,29,30). The number of hydrogen-bond acceptors (Lipinski definition) is 6. The number of ketones is 1. The SMILES string of the molecule is CC(=O)c1ccccc1CNc1nc(=NC2CCC(N)CC2)n(C(C)C)c2c(C(C)C)[nH]nc12. The Morgan fingerprint density at radius 3 is 2.56 bits per heavy atom. The molecule has 0 unspecified atom stereocenters. The number of rotatable bonds is 7. The third kappa shape index (κ3) is 4.92. The Kier molecular flexibility index (Phi) is 7.16. The summed E-state index contributed by atoms with van der Waals surface area (Å²) in [5.41, 5.74) is 11.4. The van der Waals surface area contributed by atoms with Gasteiger partial charge in [-0.25, -0.2) is 4.99 Å². The molecule has 8 heteroatoms. The van der Waals surface area contributed by atoms with Crippen molar-refractivity contribution in [3.05, 3.63) is 46.7 Å². The van der Waals surface area contributed by atoms with Gasteiger partial charge in [-0.1, -0.05) is 38.1 Å². The lowest BCUT2D eigenvalue weighted by atomic mass is 9.92. The third-order valence-electron chi connectivity index (χ3n) is 6.64. The summed E-state index contributed by atoms with van der Waals surface area (Å²) in [6.07, 6.45) is 3.95. The van der Waals surface area contributed by atoms with E-state index in [9.17, 15) is 4.79 Å². The molecular formula is C26H37N7O. The second kappa shape index (κ2) is 10.1. The van der Waals surface area contributed by atoms with Gasteiger partial charge in [0.1, 0.15) is 0 Å². The van der Waals surface area contributed by atoms with E-state index < -0.39 is 0 Å². The number of aromatic amines is 1. The van der Waals surface area contributed by atoms with E-state index in [2.05, 4.69) is 47.8 Å². The largest absolute Gasteiger partial charge is 0.364 e. The summed E-state index contributed by atoms with van der Waals surface area (Å²) in [7, 11) is 0. The number of aromatic nitrogens is 4. The van der Waals surface area contributed by atoms with E-state index in [1.54, 1.807) is 6.92 Å². The molecule has 0 radical (unpaired) electrons. The average Bonchev–Trinajstić information content (AvgIpc) is 3.24. The number of H-pyrrole nitrogens is 1. The molecule has 0 bridgehead atoms. The van der Waals surface area contributed by atoms with Gasteiger partial charge in [0.15, 0.2) is 17.1 Å². The van der Waals surface area contributed by atoms with Crippen LogP contribution in [0.1, 0.15) is 93.9 Å². The minimum absolute atomic E-state index is 0.0503. The Bertz CT molecular complexity index is 1230. The van der Waals surface area contributed by atoms with Crippen LogP contribution >= 0.6 is 0 Å². The molecule has 0 spiro atoms. The zero-order valence-corrected chi connectivity index (χ0v) is 20.9. The summed E-state index contributed by atoms with van der Waals surface area (Å²) < 4.78 is 2.21. The van der Waals surface area contributed by atoms with Crippen molar-refractivity contribution in [3.63, 3.8) is 0 Å². The Hall–Kier alpha value is -3.00. The summed E-state index contributed by atoms with van der Waals surface area (Å²) in [4.78, 5) is 22.2. The molecule has 2 aromatic heterocycles. The molecule has 1 aliphatic carbocycles. The summed E-state index contributed by atoms with van der Waals surface area (Å²) in [5, 5.41) is 11.4. The molecule has 0 aliphatic heterocycles. The van der Waals surface area contributed by atoms with Crippen molar-refractivity contribution in [1.82, 2.24) is 19.7 Å². The van der Waals surface area contributed by atoms with Crippen molar-refractivity contribution in [2.24, 2.45) is 10.7 Å². The zero-order valence-electron chi connectivity index (χ0n) is 20.9. The topological polar surface area (TPSA) is 114 Å². The summed E-state index contributed by atoms with van der Waals surface area (Å²) in [5.74, 6) is 0.998. The maximum atomic E-state index is 12.1. The van der Waals surface area contributed by atoms with Crippen LogP contribution in [0.4, 0.5) is 5.82 Å². The Labute approximate surface area is 201 Å². The van der Waals surface area contributed by atoms with Gasteiger partial charge in [0.25, 0.3) is 0 Å². The number of benzene rings is 1. The van der Waals surface area contributed by atoms with E-state index in [0.717, 1.165) is 48.0 Å². The number of nitrogens with zero attached hydrogens (tertiary/aromatic N) is 4. The fraction of sp³-hybridized carbons (Fsp3) is 0.538. The van der Waals surface area contributed by atoms with Crippen LogP contribution in [0.25, 0.3) is 11.0 Å². The van der Waals surface area contributed by atoms with Crippen LogP contribution < -0.4 is 16.7 Å².